The monoisotopic (exact) mass is 318 g/mol. The van der Waals surface area contributed by atoms with E-state index in [0.717, 1.165) is 0 Å². The molecular weight excluding hydrogens is 308 g/mol. The van der Waals surface area contributed by atoms with Crippen molar-refractivity contribution in [3.8, 4) is 5.88 Å². The number of aryl methyl sites for hydroxylation is 1. The fourth-order valence-corrected chi connectivity index (χ4v) is 2.64. The van der Waals surface area contributed by atoms with E-state index < -0.39 is 4.92 Å². The van der Waals surface area contributed by atoms with Crippen molar-refractivity contribution in [2.45, 2.75) is 13.5 Å². The highest BCUT2D eigenvalue weighted by atomic mass is 32.1. The zero-order chi connectivity index (χ0) is 15.7. The summed E-state index contributed by atoms with van der Waals surface area (Å²) in [5, 5.41) is 12.8. The molecule has 0 amide bonds. The van der Waals surface area contributed by atoms with Gasteiger partial charge in [-0.15, -0.1) is 11.3 Å². The first-order valence-electron chi connectivity index (χ1n) is 6.25. The molecule has 3 aromatic heterocycles. The van der Waals surface area contributed by atoms with E-state index in [9.17, 15) is 14.9 Å². The molecule has 22 heavy (non-hydrogen) atoms. The van der Waals surface area contributed by atoms with E-state index in [2.05, 4.69) is 15.0 Å². The molecule has 0 aromatic carbocycles. The Morgan fingerprint density at radius 3 is 3.09 bits per heavy atom. The summed E-state index contributed by atoms with van der Waals surface area (Å²) in [5.41, 5.74) is 0.743. The lowest BCUT2D eigenvalue weighted by atomic mass is 10.3. The number of rotatable bonds is 4. The first kappa shape index (κ1) is 14.1. The van der Waals surface area contributed by atoms with Gasteiger partial charge in [0.05, 0.1) is 10.4 Å². The summed E-state index contributed by atoms with van der Waals surface area (Å²) in [7, 11) is 0. The maximum atomic E-state index is 11.8. The van der Waals surface area contributed by atoms with Crippen molar-refractivity contribution in [2.24, 2.45) is 0 Å². The van der Waals surface area contributed by atoms with E-state index in [0.29, 0.717) is 15.8 Å². The third kappa shape index (κ3) is 2.66. The summed E-state index contributed by atoms with van der Waals surface area (Å²) >= 11 is 1.30. The Bertz CT molecular complexity index is 918. The number of H-pyrrole nitrogens is 1. The number of nitrogens with one attached hydrogen (secondary N) is 1. The largest absolute Gasteiger partial charge is 0.465 e. The van der Waals surface area contributed by atoms with Gasteiger partial charge in [-0.05, 0) is 23.9 Å². The third-order valence-electron chi connectivity index (χ3n) is 2.88. The number of thiophene rings is 1. The van der Waals surface area contributed by atoms with Crippen LogP contribution < -0.4 is 10.3 Å². The summed E-state index contributed by atoms with van der Waals surface area (Å²) in [6.45, 7) is 1.59. The van der Waals surface area contributed by atoms with E-state index in [1.54, 1.807) is 18.4 Å². The Hall–Kier alpha value is -2.81. The number of fused-ring (bicyclic) bond motifs is 1. The first-order valence-corrected chi connectivity index (χ1v) is 7.13. The van der Waals surface area contributed by atoms with E-state index in [-0.39, 0.29) is 29.6 Å². The van der Waals surface area contributed by atoms with Gasteiger partial charge in [0.1, 0.15) is 17.1 Å². The molecule has 0 unspecified atom stereocenters. The number of nitro groups is 1. The maximum Gasteiger partial charge on any atom is 0.331 e. The second kappa shape index (κ2) is 5.53. The maximum absolute atomic E-state index is 11.8. The van der Waals surface area contributed by atoms with Crippen molar-refractivity contribution < 1.29 is 9.66 Å². The van der Waals surface area contributed by atoms with Crippen LogP contribution in [0.3, 0.4) is 0 Å². The van der Waals surface area contributed by atoms with Crippen molar-refractivity contribution in [1.82, 2.24) is 15.0 Å². The van der Waals surface area contributed by atoms with Gasteiger partial charge in [-0.25, -0.2) is 9.97 Å². The van der Waals surface area contributed by atoms with Crippen LogP contribution in [0.4, 0.5) is 5.69 Å². The Labute approximate surface area is 127 Å². The number of ether oxygens (including phenoxy) is 1. The number of hydrogen-bond acceptors (Lipinski definition) is 7. The summed E-state index contributed by atoms with van der Waals surface area (Å²) in [6.07, 6.45) is 1.47. The molecule has 0 aliphatic heterocycles. The smallest absolute Gasteiger partial charge is 0.331 e. The summed E-state index contributed by atoms with van der Waals surface area (Å²) in [4.78, 5) is 33.0. The zero-order valence-electron chi connectivity index (χ0n) is 11.4. The van der Waals surface area contributed by atoms with Crippen molar-refractivity contribution in [3.05, 3.63) is 55.6 Å². The second-order valence-corrected chi connectivity index (χ2v) is 5.45. The molecule has 0 radical (unpaired) electrons. The van der Waals surface area contributed by atoms with E-state index in [1.807, 2.05) is 0 Å². The van der Waals surface area contributed by atoms with Crippen LogP contribution in [0.5, 0.6) is 5.88 Å². The summed E-state index contributed by atoms with van der Waals surface area (Å²) < 4.78 is 5.87. The number of aromatic nitrogens is 3. The van der Waals surface area contributed by atoms with E-state index >= 15 is 0 Å². The molecule has 0 bridgehead atoms. The molecule has 0 aliphatic carbocycles. The number of pyridine rings is 1. The van der Waals surface area contributed by atoms with E-state index in [1.165, 1.54) is 23.6 Å². The third-order valence-corrected chi connectivity index (χ3v) is 3.78. The summed E-state index contributed by atoms with van der Waals surface area (Å²) in [6, 6.07) is 3.10. The van der Waals surface area contributed by atoms with Gasteiger partial charge in [0.15, 0.2) is 0 Å². The van der Waals surface area contributed by atoms with Crippen molar-refractivity contribution in [3.63, 3.8) is 0 Å². The Morgan fingerprint density at radius 1 is 1.50 bits per heavy atom. The van der Waals surface area contributed by atoms with Crippen LogP contribution in [0.1, 0.15) is 11.4 Å². The van der Waals surface area contributed by atoms with Gasteiger partial charge in [-0.3, -0.25) is 14.9 Å². The lowest BCUT2D eigenvalue weighted by molar-refractivity contribution is -0.386. The molecule has 112 valence electrons. The van der Waals surface area contributed by atoms with Gasteiger partial charge in [0.2, 0.25) is 0 Å². The number of nitrogens with zero attached hydrogens (tertiary/aromatic N) is 3. The minimum absolute atomic E-state index is 0.108. The predicted molar refractivity (Wildman–Crippen MR) is 80.2 cm³/mol. The minimum Gasteiger partial charge on any atom is -0.465 e. The predicted octanol–water partition coefficient (Wildman–Crippen LogP) is 2.18. The molecule has 0 atom stereocenters. The SMILES string of the molecule is Cc1cnc(OCc2nc3ccsc3c(=O)[nH]2)c([N+](=O)[O-])c1. The van der Waals surface area contributed by atoms with Crippen molar-refractivity contribution in [1.29, 1.82) is 0 Å². The lowest BCUT2D eigenvalue weighted by Gasteiger charge is -2.05. The highest BCUT2D eigenvalue weighted by molar-refractivity contribution is 7.17. The van der Waals surface area contributed by atoms with Crippen molar-refractivity contribution in [2.75, 3.05) is 0 Å². The highest BCUT2D eigenvalue weighted by Crippen LogP contribution is 2.25. The van der Waals surface area contributed by atoms with Gasteiger partial charge in [0, 0.05) is 12.3 Å². The minimum atomic E-state index is -0.562. The fourth-order valence-electron chi connectivity index (χ4n) is 1.91. The average Bonchev–Trinajstić information content (AvgIpc) is 2.94. The number of hydrogen-bond donors (Lipinski definition) is 1. The quantitative estimate of drug-likeness (QED) is 0.583. The normalized spacial score (nSPS) is 10.8. The molecule has 3 heterocycles. The van der Waals surface area contributed by atoms with Crippen molar-refractivity contribution >= 4 is 27.2 Å². The van der Waals surface area contributed by atoms with Crippen LogP contribution in [0.15, 0.2) is 28.5 Å². The molecule has 0 spiro atoms. The molecule has 0 saturated carbocycles. The topological polar surface area (TPSA) is 111 Å². The fraction of sp³-hybridized carbons (Fsp3) is 0.154. The molecule has 3 aromatic rings. The Kier molecular flexibility index (Phi) is 3.55. The molecule has 0 saturated heterocycles. The van der Waals surface area contributed by atoms with Gasteiger partial charge in [-0.1, -0.05) is 0 Å². The van der Waals surface area contributed by atoms with Crippen LogP contribution in [-0.2, 0) is 6.61 Å². The van der Waals surface area contributed by atoms with E-state index in [4.69, 9.17) is 4.74 Å². The second-order valence-electron chi connectivity index (χ2n) is 4.53. The summed E-state index contributed by atoms with van der Waals surface area (Å²) in [5.74, 6) is 0.177. The molecule has 9 heteroatoms. The molecule has 0 fully saturated rings. The van der Waals surface area contributed by atoms with Crippen LogP contribution in [-0.4, -0.2) is 19.9 Å². The van der Waals surface area contributed by atoms with Crippen LogP contribution in [0, 0.1) is 17.0 Å². The molecule has 3 rings (SSSR count). The Morgan fingerprint density at radius 2 is 2.32 bits per heavy atom. The number of aromatic amines is 1. The van der Waals surface area contributed by atoms with Crippen LogP contribution in [0.2, 0.25) is 0 Å². The van der Waals surface area contributed by atoms with Crippen LogP contribution >= 0.6 is 11.3 Å². The Balaban J connectivity index is 1.88. The van der Waals surface area contributed by atoms with Crippen LogP contribution in [0.25, 0.3) is 10.2 Å². The highest BCUT2D eigenvalue weighted by Gasteiger charge is 2.17. The molecule has 8 nitrogen and oxygen atoms in total. The van der Waals surface area contributed by atoms with Gasteiger partial charge in [0.25, 0.3) is 11.4 Å². The average molecular weight is 318 g/mol. The zero-order valence-corrected chi connectivity index (χ0v) is 12.2. The lowest BCUT2D eigenvalue weighted by Crippen LogP contribution is -2.13. The molecule has 0 aliphatic rings. The first-order chi connectivity index (χ1) is 10.5. The molecular formula is C13H10N4O4S. The van der Waals surface area contributed by atoms with Gasteiger partial charge in [-0.2, -0.15) is 0 Å². The van der Waals surface area contributed by atoms with Gasteiger partial charge < -0.3 is 9.72 Å². The van der Waals surface area contributed by atoms with Gasteiger partial charge >= 0.3 is 5.69 Å². The standard InChI is InChI=1S/C13H10N4O4S/c1-7-4-9(17(19)20)13(14-5-7)21-6-10-15-8-2-3-22-11(8)12(18)16-10/h2-5H,6H2,1H3,(H,15,16,18). The molecule has 1 N–H and O–H groups in total.